The van der Waals surface area contributed by atoms with Crippen LogP contribution < -0.4 is 31.9 Å². The Hall–Kier alpha value is -3.02. The van der Waals surface area contributed by atoms with E-state index in [2.05, 4.69) is 31.9 Å². The summed E-state index contributed by atoms with van der Waals surface area (Å²) in [5.41, 5.74) is 0. The van der Waals surface area contributed by atoms with Crippen LogP contribution in [0.15, 0.2) is 0 Å². The van der Waals surface area contributed by atoms with Crippen LogP contribution in [-0.2, 0) is 45.8 Å². The van der Waals surface area contributed by atoms with Crippen LogP contribution in [0.25, 0.3) is 0 Å². The van der Waals surface area contributed by atoms with Gasteiger partial charge >= 0.3 is 0 Å². The zero-order chi connectivity index (χ0) is 36.4. The van der Waals surface area contributed by atoms with Crippen molar-refractivity contribution in [3.8, 4) is 0 Å². The van der Waals surface area contributed by atoms with E-state index in [1.54, 1.807) is 0 Å². The van der Waals surface area contributed by atoms with Gasteiger partial charge < -0.3 is 62.8 Å². The van der Waals surface area contributed by atoms with E-state index in [0.29, 0.717) is 0 Å². The molecule has 1 aliphatic heterocycles. The molecule has 1 heterocycles. The van der Waals surface area contributed by atoms with Crippen molar-refractivity contribution in [3.63, 3.8) is 0 Å². The van der Waals surface area contributed by atoms with Crippen molar-refractivity contribution in [2.45, 2.75) is 96.1 Å². The minimum atomic E-state index is -1.31. The second-order valence-electron chi connectivity index (χ2n) is 11.5. The third-order valence-corrected chi connectivity index (χ3v) is 7.21. The summed E-state index contributed by atoms with van der Waals surface area (Å²) in [6.07, 6.45) is -2.67. The molecular formula is C27H54FeN9O12+3. The molecule has 0 saturated carbocycles. The molecule has 1 fully saturated rings. The molecule has 0 radical (unpaired) electrons. The number of carbonyl (C=O) groups excluding carboxylic acids is 6. The van der Waals surface area contributed by atoms with Crippen LogP contribution in [0.2, 0.25) is 0 Å². The van der Waals surface area contributed by atoms with Crippen molar-refractivity contribution in [3.05, 3.63) is 0 Å². The molecule has 6 atom stereocenters. The Morgan fingerprint density at radius 1 is 0.551 bits per heavy atom. The average molecular weight is 753 g/mol. The van der Waals surface area contributed by atoms with E-state index < -0.39 is 91.9 Å². The standard InChI is InChI=1S/C27H51N9O12.Fe/c1-16(37)34(46)10-4-7-19-25(43)30-14-23(41)28-13-22(40)29-15-24(42)31-20(8-5-11-35(47)17(2)38)26(44)33-21(27(45)32-19)9-6-12-36(48)18(3)39;/h16-21,37-39,46-48H,4-15H2,1-3H3,(H,28,41)(H,29,40)(H,30,43)(H,31,42)(H,32,45)(H,33,44);/p+3/t16?,17?,18?,19-,20-,21-;/m0./s1. The second-order valence-corrected chi connectivity index (χ2v) is 11.5. The van der Waals surface area contributed by atoms with Crippen LogP contribution >= 0.6 is 0 Å². The molecule has 0 aliphatic carbocycles. The van der Waals surface area contributed by atoms with Gasteiger partial charge in [-0.15, -0.1) is 15.2 Å². The van der Waals surface area contributed by atoms with Crippen LogP contribution in [0, 0.1) is 0 Å². The molecule has 49 heavy (non-hydrogen) atoms. The number of carbonyl (C=O) groups is 6. The van der Waals surface area contributed by atoms with Gasteiger partial charge in [0.1, 0.15) is 18.1 Å². The van der Waals surface area contributed by atoms with E-state index >= 15 is 0 Å². The molecule has 3 unspecified atom stereocenters. The molecule has 0 bridgehead atoms. The van der Waals surface area contributed by atoms with E-state index in [1.807, 2.05) is 0 Å². The number of hydrogen-bond donors (Lipinski definition) is 9. The van der Waals surface area contributed by atoms with E-state index in [9.17, 15) is 44.4 Å². The molecule has 0 aromatic heterocycles. The summed E-state index contributed by atoms with van der Waals surface area (Å²) >= 11 is 0. The van der Waals surface area contributed by atoms with Gasteiger partial charge in [0, 0.05) is 57.5 Å². The van der Waals surface area contributed by atoms with Gasteiger partial charge in [0.05, 0.1) is 19.6 Å². The molecule has 1 aliphatic rings. The third-order valence-electron chi connectivity index (χ3n) is 7.21. The maximum absolute atomic E-state index is 13.6. The molecular weight excluding hydrogens is 698 g/mol. The van der Waals surface area contributed by atoms with Gasteiger partial charge in [0.15, 0.2) is 0 Å². The minimum Gasteiger partial charge on any atom is -0.430 e. The number of rotatable bonds is 15. The fraction of sp³-hybridized carbons (Fsp3) is 0.778. The molecule has 1 saturated heterocycles. The first kappa shape index (κ1) is 46.0. The van der Waals surface area contributed by atoms with Crippen LogP contribution in [0.3, 0.4) is 0 Å². The summed E-state index contributed by atoms with van der Waals surface area (Å²) in [6.45, 7) is 2.55. The van der Waals surface area contributed by atoms with Crippen molar-refractivity contribution in [1.82, 2.24) is 47.1 Å². The Morgan fingerprint density at radius 2 is 0.857 bits per heavy atom. The van der Waals surface area contributed by atoms with E-state index in [0.717, 1.165) is 15.2 Å². The minimum absolute atomic E-state index is 0. The number of hydrogen-bond acceptors (Lipinski definition) is 12. The third kappa shape index (κ3) is 19.1. The quantitative estimate of drug-likeness (QED) is 0.0328. The summed E-state index contributed by atoms with van der Waals surface area (Å²) in [6, 6.07) is -3.84. The van der Waals surface area contributed by atoms with Gasteiger partial charge in [-0.25, -0.2) is 0 Å². The topological polar surface area (TPSA) is 314 Å². The average Bonchev–Trinajstić information content (AvgIpc) is 3.02. The fourth-order valence-electron chi connectivity index (χ4n) is 4.32. The predicted octanol–water partition coefficient (Wildman–Crippen LogP) is -5.57. The largest absolute Gasteiger partial charge is 0.430 e. The molecule has 284 valence electrons. The van der Waals surface area contributed by atoms with Crippen molar-refractivity contribution < 1.29 is 76.8 Å². The van der Waals surface area contributed by atoms with Crippen molar-refractivity contribution in [2.24, 2.45) is 0 Å². The van der Waals surface area contributed by atoms with Crippen LogP contribution in [-0.4, -0.2) is 158 Å². The molecule has 22 heteroatoms. The first-order chi connectivity index (χ1) is 22.5. The first-order valence-corrected chi connectivity index (χ1v) is 15.7. The Balaban J connectivity index is 0.0000230. The molecule has 0 aromatic carbocycles. The van der Waals surface area contributed by atoms with Gasteiger partial charge in [-0.2, -0.15) is 0 Å². The molecule has 1 rings (SSSR count). The molecule has 21 nitrogen and oxygen atoms in total. The maximum Gasteiger partial charge on any atom is 0.243 e. The normalized spacial score (nSPS) is 22.4. The van der Waals surface area contributed by atoms with E-state index in [-0.39, 0.29) is 75.2 Å². The van der Waals surface area contributed by atoms with E-state index in [4.69, 9.17) is 15.3 Å². The van der Waals surface area contributed by atoms with Crippen LogP contribution in [0.4, 0.5) is 0 Å². The smallest absolute Gasteiger partial charge is 0.243 e. The van der Waals surface area contributed by atoms with Gasteiger partial charge in [-0.3, -0.25) is 28.8 Å². The fourth-order valence-corrected chi connectivity index (χ4v) is 4.32. The van der Waals surface area contributed by atoms with Crippen molar-refractivity contribution >= 4 is 35.4 Å². The Bertz CT molecular complexity index is 1050. The summed E-state index contributed by atoms with van der Waals surface area (Å²) in [5, 5.41) is 69.2. The van der Waals surface area contributed by atoms with Crippen LogP contribution in [0.5, 0.6) is 0 Å². The van der Waals surface area contributed by atoms with E-state index in [1.165, 1.54) is 20.8 Å². The molecule has 6 amide bonds. The zero-order valence-electron chi connectivity index (χ0n) is 27.9. The maximum atomic E-state index is 13.6. The summed E-state index contributed by atoms with van der Waals surface area (Å²) < 4.78 is 0. The van der Waals surface area contributed by atoms with Gasteiger partial charge in [-0.1, -0.05) is 0 Å². The number of hydroxylamine groups is 6. The zero-order valence-corrected chi connectivity index (χ0v) is 29.0. The first-order valence-electron chi connectivity index (χ1n) is 15.7. The SMILES string of the molecule is CC([OH2+])N(O)CCC[C@@H]1NC(=O)CNC(=O)CNC(=O)CNC(=O)[C@H](CCCN(O)C(C)[OH2+])NC(=O)[C@H](CCCN(O)C(C)[OH2+])NC1=O.[Fe]. The molecule has 15 N–H and O–H groups in total. The summed E-state index contributed by atoms with van der Waals surface area (Å²) in [7, 11) is 0. The number of nitrogens with one attached hydrogen (secondary N) is 6. The van der Waals surface area contributed by atoms with Crippen LogP contribution in [0.1, 0.15) is 59.3 Å². The predicted molar refractivity (Wildman–Crippen MR) is 167 cm³/mol. The van der Waals surface area contributed by atoms with Gasteiger partial charge in [0.25, 0.3) is 0 Å². The summed E-state index contributed by atoms with van der Waals surface area (Å²) in [4.78, 5) is 77.3. The molecule has 0 spiro atoms. The monoisotopic (exact) mass is 752 g/mol. The van der Waals surface area contributed by atoms with Crippen molar-refractivity contribution in [1.29, 1.82) is 0 Å². The summed E-state index contributed by atoms with van der Waals surface area (Å²) in [5.74, 6) is -4.61. The van der Waals surface area contributed by atoms with Gasteiger partial charge in [-0.05, 0) is 38.5 Å². The second kappa shape index (κ2) is 24.2. The Morgan fingerprint density at radius 3 is 1.22 bits per heavy atom. The van der Waals surface area contributed by atoms with Crippen molar-refractivity contribution in [2.75, 3.05) is 39.3 Å². The molecule has 0 aromatic rings. The Labute approximate surface area is 294 Å². The number of amides is 6. The number of nitrogens with zero attached hydrogens (tertiary/aromatic N) is 3. The van der Waals surface area contributed by atoms with Gasteiger partial charge in [0.2, 0.25) is 54.1 Å². The Kier molecular flexibility index (Phi) is 22.7.